The first-order valence-corrected chi connectivity index (χ1v) is 11.3. The number of ether oxygens (including phenoxy) is 1. The minimum Gasteiger partial charge on any atom is -0.473 e. The summed E-state index contributed by atoms with van der Waals surface area (Å²) in [6.45, 7) is 5.69. The number of aromatic nitrogens is 3. The smallest absolute Gasteiger partial charge is 0.213 e. The van der Waals surface area contributed by atoms with Crippen molar-refractivity contribution in [1.82, 2.24) is 19.4 Å². The fourth-order valence-electron chi connectivity index (χ4n) is 4.21. The zero-order valence-corrected chi connectivity index (χ0v) is 18.9. The Kier molecular flexibility index (Phi) is 7.40. The maximum atomic E-state index is 14.0. The Morgan fingerprint density at radius 1 is 1.22 bits per heavy atom. The van der Waals surface area contributed by atoms with E-state index in [2.05, 4.69) is 26.4 Å². The molecule has 3 heterocycles. The molecular weight excluding hydrogens is 431 g/mol. The van der Waals surface area contributed by atoms with Gasteiger partial charge in [0, 0.05) is 34.8 Å². The Morgan fingerprint density at radius 3 is 2.75 bits per heavy atom. The number of pyridine rings is 1. The third-order valence-corrected chi connectivity index (χ3v) is 6.24. The van der Waals surface area contributed by atoms with Gasteiger partial charge in [-0.3, -0.25) is 4.90 Å². The van der Waals surface area contributed by atoms with Crippen LogP contribution in [0.4, 0.5) is 4.39 Å². The number of aliphatic hydroxyl groups is 1. The van der Waals surface area contributed by atoms with Crippen LogP contribution in [0.2, 0.25) is 5.02 Å². The van der Waals surface area contributed by atoms with Gasteiger partial charge in [-0.1, -0.05) is 23.7 Å². The predicted molar refractivity (Wildman–Crippen MR) is 121 cm³/mol. The van der Waals surface area contributed by atoms with Crippen molar-refractivity contribution in [2.75, 3.05) is 13.1 Å². The molecule has 3 aromatic rings. The number of hydrogen-bond acceptors (Lipinski definition) is 5. The summed E-state index contributed by atoms with van der Waals surface area (Å²) in [5.74, 6) is 1.48. The van der Waals surface area contributed by atoms with E-state index in [-0.39, 0.29) is 19.0 Å². The monoisotopic (exact) mass is 458 g/mol. The molecule has 4 rings (SSSR count). The molecule has 6 nitrogen and oxygen atoms in total. The fourth-order valence-corrected chi connectivity index (χ4v) is 4.37. The van der Waals surface area contributed by atoms with Crippen LogP contribution in [-0.2, 0) is 26.3 Å². The normalized spacial score (nSPS) is 15.2. The molecule has 0 amide bonds. The minimum atomic E-state index is -0.379. The molecule has 1 fully saturated rings. The Balaban J connectivity index is 1.33. The molecule has 0 radical (unpaired) electrons. The molecule has 0 bridgehead atoms. The quantitative estimate of drug-likeness (QED) is 0.537. The lowest BCUT2D eigenvalue weighted by Gasteiger charge is -2.31. The highest BCUT2D eigenvalue weighted by molar-refractivity contribution is 6.30. The first-order valence-electron chi connectivity index (χ1n) is 11.0. The van der Waals surface area contributed by atoms with Crippen LogP contribution in [0.25, 0.3) is 0 Å². The fraction of sp³-hybridized carbons (Fsp3) is 0.417. The van der Waals surface area contributed by atoms with Gasteiger partial charge in [0.2, 0.25) is 5.88 Å². The molecule has 0 spiro atoms. The summed E-state index contributed by atoms with van der Waals surface area (Å²) in [6.07, 6.45) is 3.76. The number of nitrogens with zero attached hydrogens (tertiary/aromatic N) is 4. The number of likely N-dealkylation sites (tertiary alicyclic amines) is 1. The summed E-state index contributed by atoms with van der Waals surface area (Å²) in [4.78, 5) is 11.6. The van der Waals surface area contributed by atoms with E-state index in [9.17, 15) is 9.50 Å². The van der Waals surface area contributed by atoms with E-state index in [0.717, 1.165) is 56.2 Å². The molecule has 0 saturated carbocycles. The van der Waals surface area contributed by atoms with Crippen molar-refractivity contribution in [3.63, 3.8) is 0 Å². The van der Waals surface area contributed by atoms with Gasteiger partial charge in [0.05, 0.1) is 25.0 Å². The standard InChI is InChI=1S/C24H28ClFN4O2/c1-2-30-20(15-31)13-27-23(30)14-29-10-8-17(9-11-29)22-4-3-5-24(28-22)32-16-18-6-7-19(25)12-21(18)26/h3-7,12-13,17,31H,2,8-11,14-16H2,1H3. The van der Waals surface area contributed by atoms with E-state index in [1.54, 1.807) is 24.4 Å². The number of piperidine rings is 1. The van der Waals surface area contributed by atoms with Gasteiger partial charge in [-0.15, -0.1) is 0 Å². The van der Waals surface area contributed by atoms with E-state index in [1.165, 1.54) is 6.07 Å². The van der Waals surface area contributed by atoms with Crippen LogP contribution >= 0.6 is 11.6 Å². The van der Waals surface area contributed by atoms with Gasteiger partial charge in [0.15, 0.2) is 0 Å². The topological polar surface area (TPSA) is 63.4 Å². The molecule has 32 heavy (non-hydrogen) atoms. The van der Waals surface area contributed by atoms with Crippen LogP contribution in [0.15, 0.2) is 42.6 Å². The molecule has 1 N–H and O–H groups in total. The van der Waals surface area contributed by atoms with Gasteiger partial charge in [0.25, 0.3) is 0 Å². The Labute approximate surface area is 192 Å². The van der Waals surface area contributed by atoms with Gasteiger partial charge < -0.3 is 14.4 Å². The maximum absolute atomic E-state index is 14.0. The van der Waals surface area contributed by atoms with Crippen molar-refractivity contribution in [2.24, 2.45) is 0 Å². The maximum Gasteiger partial charge on any atom is 0.213 e. The first kappa shape index (κ1) is 22.7. The van der Waals surface area contributed by atoms with E-state index >= 15 is 0 Å². The molecule has 1 aromatic carbocycles. The summed E-state index contributed by atoms with van der Waals surface area (Å²) in [7, 11) is 0. The largest absolute Gasteiger partial charge is 0.473 e. The highest BCUT2D eigenvalue weighted by atomic mass is 35.5. The van der Waals surface area contributed by atoms with Crippen LogP contribution in [0, 0.1) is 5.82 Å². The Bertz CT molecular complexity index is 1050. The van der Waals surface area contributed by atoms with Crippen molar-refractivity contribution in [3.05, 3.63) is 76.2 Å². The van der Waals surface area contributed by atoms with Crippen molar-refractivity contribution in [2.45, 2.75) is 52.0 Å². The van der Waals surface area contributed by atoms with Crippen LogP contribution in [0.3, 0.4) is 0 Å². The third kappa shape index (κ3) is 5.28. The van der Waals surface area contributed by atoms with Gasteiger partial charge in [-0.2, -0.15) is 0 Å². The lowest BCUT2D eigenvalue weighted by atomic mass is 9.93. The number of imidazole rings is 1. The second-order valence-corrected chi connectivity index (χ2v) is 8.48. The summed E-state index contributed by atoms with van der Waals surface area (Å²) in [5, 5.41) is 9.83. The van der Waals surface area contributed by atoms with Crippen LogP contribution < -0.4 is 4.74 Å². The summed E-state index contributed by atoms with van der Waals surface area (Å²) < 4.78 is 21.8. The van der Waals surface area contributed by atoms with E-state index in [1.807, 2.05) is 12.1 Å². The van der Waals surface area contributed by atoms with Crippen molar-refractivity contribution >= 4 is 11.6 Å². The van der Waals surface area contributed by atoms with Gasteiger partial charge in [0.1, 0.15) is 18.2 Å². The average molecular weight is 459 g/mol. The molecule has 1 aliphatic rings. The first-order chi connectivity index (χ1) is 15.6. The molecule has 2 aromatic heterocycles. The lowest BCUT2D eigenvalue weighted by Crippen LogP contribution is -2.33. The highest BCUT2D eigenvalue weighted by Crippen LogP contribution is 2.29. The van der Waals surface area contributed by atoms with E-state index in [4.69, 9.17) is 16.3 Å². The average Bonchev–Trinajstić information content (AvgIpc) is 3.20. The van der Waals surface area contributed by atoms with Gasteiger partial charge in [-0.05, 0) is 51.1 Å². The SMILES string of the molecule is CCn1c(CO)cnc1CN1CCC(c2cccc(OCc3ccc(Cl)cc3F)n2)CC1. The van der Waals surface area contributed by atoms with Crippen molar-refractivity contribution < 1.29 is 14.2 Å². The number of benzene rings is 1. The molecule has 0 unspecified atom stereocenters. The zero-order chi connectivity index (χ0) is 22.5. The second-order valence-electron chi connectivity index (χ2n) is 8.04. The van der Waals surface area contributed by atoms with Crippen LogP contribution in [-0.4, -0.2) is 37.6 Å². The molecule has 170 valence electrons. The summed E-state index contributed by atoms with van der Waals surface area (Å²) in [5.41, 5.74) is 2.32. The van der Waals surface area contributed by atoms with Gasteiger partial charge >= 0.3 is 0 Å². The number of aliphatic hydroxyl groups excluding tert-OH is 1. The summed E-state index contributed by atoms with van der Waals surface area (Å²) >= 11 is 5.81. The Hall–Kier alpha value is -2.48. The number of halogens is 2. The third-order valence-electron chi connectivity index (χ3n) is 6.01. The molecule has 1 aliphatic heterocycles. The summed E-state index contributed by atoms with van der Waals surface area (Å²) in [6, 6.07) is 10.3. The molecular formula is C24H28ClFN4O2. The van der Waals surface area contributed by atoms with E-state index in [0.29, 0.717) is 22.4 Å². The predicted octanol–water partition coefficient (Wildman–Crippen LogP) is 4.54. The second kappa shape index (κ2) is 10.4. The molecule has 1 saturated heterocycles. The number of rotatable bonds is 8. The molecule has 0 aliphatic carbocycles. The lowest BCUT2D eigenvalue weighted by molar-refractivity contribution is 0.195. The Morgan fingerprint density at radius 2 is 2.03 bits per heavy atom. The number of hydrogen-bond donors (Lipinski definition) is 1. The minimum absolute atomic E-state index is 0.0116. The van der Waals surface area contributed by atoms with Crippen LogP contribution in [0.1, 0.15) is 48.5 Å². The van der Waals surface area contributed by atoms with Crippen molar-refractivity contribution in [1.29, 1.82) is 0 Å². The van der Waals surface area contributed by atoms with Gasteiger partial charge in [-0.25, -0.2) is 14.4 Å². The highest BCUT2D eigenvalue weighted by Gasteiger charge is 2.23. The van der Waals surface area contributed by atoms with E-state index < -0.39 is 0 Å². The zero-order valence-electron chi connectivity index (χ0n) is 18.2. The molecule has 0 atom stereocenters. The molecule has 8 heteroatoms. The van der Waals surface area contributed by atoms with Crippen LogP contribution in [0.5, 0.6) is 5.88 Å². The van der Waals surface area contributed by atoms with Crippen molar-refractivity contribution in [3.8, 4) is 5.88 Å².